The Kier molecular flexibility index (Phi) is 6.45. The molecule has 8 nitrogen and oxygen atoms in total. The summed E-state index contributed by atoms with van der Waals surface area (Å²) in [4.78, 5) is 31.8. The molecule has 0 spiro atoms. The summed E-state index contributed by atoms with van der Waals surface area (Å²) in [5.41, 5.74) is 0.673. The first kappa shape index (κ1) is 23.3. The first-order valence-electron chi connectivity index (χ1n) is 11.4. The number of hydrogen-bond acceptors (Lipinski definition) is 6. The largest absolute Gasteiger partial charge is 0.507 e. The van der Waals surface area contributed by atoms with E-state index in [2.05, 4.69) is 24.1 Å². The number of halogens is 1. The molecule has 3 aliphatic rings. The molecule has 33 heavy (non-hydrogen) atoms. The number of hydrogen-bond donors (Lipinski definition) is 3. The van der Waals surface area contributed by atoms with Crippen LogP contribution < -0.4 is 5.32 Å². The number of piperazine rings is 1. The summed E-state index contributed by atoms with van der Waals surface area (Å²) < 4.78 is 13.1. The lowest BCUT2D eigenvalue weighted by molar-refractivity contribution is -0.150. The number of nitrogens with zero attached hydrogens (tertiary/aromatic N) is 3. The minimum Gasteiger partial charge on any atom is -0.507 e. The van der Waals surface area contributed by atoms with Crippen LogP contribution in [0.5, 0.6) is 0 Å². The van der Waals surface area contributed by atoms with Crippen molar-refractivity contribution in [3.63, 3.8) is 0 Å². The molecule has 1 unspecified atom stereocenters. The maximum absolute atomic E-state index is 13.4. The Bertz CT molecular complexity index is 991. The molecule has 0 radical (unpaired) electrons. The molecule has 1 aromatic rings. The van der Waals surface area contributed by atoms with Gasteiger partial charge >= 0.3 is 0 Å². The molecule has 3 aliphatic heterocycles. The summed E-state index contributed by atoms with van der Waals surface area (Å²) in [6.45, 7) is 8.48. The molecule has 178 valence electrons. The number of carbonyl (C=O) groups is 2. The molecule has 2 saturated heterocycles. The zero-order valence-corrected chi connectivity index (χ0v) is 19.2. The highest BCUT2D eigenvalue weighted by Crippen LogP contribution is 2.35. The first-order valence-corrected chi connectivity index (χ1v) is 11.4. The van der Waals surface area contributed by atoms with E-state index in [0.29, 0.717) is 18.0 Å². The van der Waals surface area contributed by atoms with E-state index in [0.717, 1.165) is 19.5 Å². The smallest absolute Gasteiger partial charge is 0.275 e. The van der Waals surface area contributed by atoms with Gasteiger partial charge in [0.1, 0.15) is 23.8 Å². The first-order chi connectivity index (χ1) is 15.7. The van der Waals surface area contributed by atoms with Gasteiger partial charge in [0.25, 0.3) is 11.8 Å². The van der Waals surface area contributed by atoms with Gasteiger partial charge in [-0.15, -0.1) is 0 Å². The van der Waals surface area contributed by atoms with Crippen molar-refractivity contribution in [1.82, 2.24) is 20.0 Å². The van der Waals surface area contributed by atoms with Gasteiger partial charge in [0.05, 0.1) is 12.1 Å². The Balaban J connectivity index is 1.56. The van der Waals surface area contributed by atoms with Crippen LogP contribution >= 0.6 is 0 Å². The van der Waals surface area contributed by atoms with Gasteiger partial charge < -0.3 is 25.3 Å². The van der Waals surface area contributed by atoms with Crippen molar-refractivity contribution in [2.24, 2.45) is 5.92 Å². The number of rotatable bonds is 5. The number of amides is 2. The van der Waals surface area contributed by atoms with Crippen LogP contribution in [0.25, 0.3) is 0 Å². The van der Waals surface area contributed by atoms with Crippen LogP contribution in [0.15, 0.2) is 47.5 Å². The highest BCUT2D eigenvalue weighted by molar-refractivity contribution is 5.99. The molecular formula is C24H31FN4O4. The molecule has 0 aliphatic carbocycles. The predicted octanol–water partition coefficient (Wildman–Crippen LogP) is 1.69. The van der Waals surface area contributed by atoms with E-state index < -0.39 is 17.8 Å². The molecule has 2 fully saturated rings. The second-order valence-electron chi connectivity index (χ2n) is 9.40. The number of aliphatic hydroxyl groups is 2. The van der Waals surface area contributed by atoms with Crippen molar-refractivity contribution in [2.45, 2.75) is 52.0 Å². The van der Waals surface area contributed by atoms with Gasteiger partial charge in [-0.05, 0) is 37.0 Å². The normalized spacial score (nSPS) is 25.7. The molecule has 9 heteroatoms. The number of benzene rings is 1. The van der Waals surface area contributed by atoms with E-state index in [9.17, 15) is 24.2 Å². The fraction of sp³-hybridized carbons (Fsp3) is 0.500. The fourth-order valence-corrected chi connectivity index (χ4v) is 4.80. The van der Waals surface area contributed by atoms with Crippen molar-refractivity contribution in [1.29, 1.82) is 0 Å². The number of carbonyl (C=O) groups excluding carboxylic acids is 2. The fourth-order valence-electron chi connectivity index (χ4n) is 4.80. The summed E-state index contributed by atoms with van der Waals surface area (Å²) in [6.07, 6.45) is 0.507. The van der Waals surface area contributed by atoms with E-state index in [-0.39, 0.29) is 41.7 Å². The van der Waals surface area contributed by atoms with Crippen LogP contribution in [0.3, 0.4) is 0 Å². The van der Waals surface area contributed by atoms with Crippen LogP contribution in [-0.4, -0.2) is 74.7 Å². The quantitative estimate of drug-likeness (QED) is 0.622. The third-order valence-corrected chi connectivity index (χ3v) is 6.46. The van der Waals surface area contributed by atoms with E-state index in [1.807, 2.05) is 6.92 Å². The molecule has 4 rings (SSSR count). The van der Waals surface area contributed by atoms with Gasteiger partial charge in [-0.1, -0.05) is 26.0 Å². The average molecular weight is 459 g/mol. The lowest BCUT2D eigenvalue weighted by atomic mass is 9.96. The lowest BCUT2D eigenvalue weighted by Crippen LogP contribution is -2.67. The van der Waals surface area contributed by atoms with Crippen LogP contribution in [0.4, 0.5) is 4.39 Å². The molecule has 1 aromatic carbocycles. The maximum Gasteiger partial charge on any atom is 0.275 e. The Hall–Kier alpha value is -2.91. The summed E-state index contributed by atoms with van der Waals surface area (Å²) in [5, 5.41) is 24.1. The van der Waals surface area contributed by atoms with Crippen LogP contribution in [0.1, 0.15) is 32.8 Å². The van der Waals surface area contributed by atoms with Gasteiger partial charge in [0.2, 0.25) is 0 Å². The minimum atomic E-state index is -1.60. The van der Waals surface area contributed by atoms with Gasteiger partial charge in [-0.25, -0.2) is 4.39 Å². The molecule has 2 amide bonds. The topological polar surface area (TPSA) is 96.4 Å². The minimum absolute atomic E-state index is 0.00916. The molecule has 0 bridgehead atoms. The lowest BCUT2D eigenvalue weighted by Gasteiger charge is -2.53. The monoisotopic (exact) mass is 458 g/mol. The molecular weight excluding hydrogens is 427 g/mol. The van der Waals surface area contributed by atoms with Gasteiger partial charge in [0.15, 0.2) is 5.76 Å². The molecule has 0 saturated carbocycles. The highest BCUT2D eigenvalue weighted by atomic mass is 19.1. The summed E-state index contributed by atoms with van der Waals surface area (Å²) >= 11 is 0. The highest BCUT2D eigenvalue weighted by Gasteiger charge is 2.47. The Labute approximate surface area is 193 Å². The maximum atomic E-state index is 13.4. The van der Waals surface area contributed by atoms with E-state index >= 15 is 0 Å². The van der Waals surface area contributed by atoms with Crippen LogP contribution in [0, 0.1) is 11.7 Å². The van der Waals surface area contributed by atoms with Crippen molar-refractivity contribution < 1.29 is 24.2 Å². The molecule has 3 heterocycles. The van der Waals surface area contributed by atoms with Crippen molar-refractivity contribution in [3.05, 3.63) is 58.9 Å². The number of nitrogens with one attached hydrogen (secondary N) is 1. The second-order valence-corrected chi connectivity index (χ2v) is 9.40. The predicted molar refractivity (Wildman–Crippen MR) is 120 cm³/mol. The van der Waals surface area contributed by atoms with Crippen molar-refractivity contribution in [2.75, 3.05) is 19.6 Å². The Morgan fingerprint density at radius 1 is 1.27 bits per heavy atom. The average Bonchev–Trinajstić information content (AvgIpc) is 2.77. The molecule has 3 atom stereocenters. The van der Waals surface area contributed by atoms with Crippen molar-refractivity contribution in [3.8, 4) is 0 Å². The van der Waals surface area contributed by atoms with E-state index in [1.165, 1.54) is 18.3 Å². The van der Waals surface area contributed by atoms with Crippen LogP contribution in [-0.2, 0) is 16.1 Å². The third kappa shape index (κ3) is 4.47. The Morgan fingerprint density at radius 3 is 2.64 bits per heavy atom. The second kappa shape index (κ2) is 9.15. The number of aliphatic hydroxyl groups excluding tert-OH is 2. The zero-order chi connectivity index (χ0) is 23.9. The molecule has 0 aromatic heterocycles. The van der Waals surface area contributed by atoms with E-state index in [1.54, 1.807) is 21.9 Å². The zero-order valence-electron chi connectivity index (χ0n) is 19.2. The van der Waals surface area contributed by atoms with E-state index in [4.69, 9.17) is 0 Å². The van der Waals surface area contributed by atoms with Crippen molar-refractivity contribution >= 4 is 11.8 Å². The Morgan fingerprint density at radius 2 is 1.97 bits per heavy atom. The summed E-state index contributed by atoms with van der Waals surface area (Å²) in [6, 6.07) is 5.73. The van der Waals surface area contributed by atoms with Gasteiger partial charge in [-0.3, -0.25) is 14.5 Å². The molecule has 3 N–H and O–H groups in total. The van der Waals surface area contributed by atoms with Gasteiger partial charge in [0, 0.05) is 31.9 Å². The SMILES string of the molecule is CC(C)CN1CC[C@H](C)N2C(=O)C3=C(O)C(O)C(C(=O)NCc4ccc(F)cc4)=CN3C[C@@H]12. The van der Waals surface area contributed by atoms with Crippen LogP contribution in [0.2, 0.25) is 0 Å². The number of fused-ring (bicyclic) bond motifs is 2. The third-order valence-electron chi connectivity index (χ3n) is 6.46. The van der Waals surface area contributed by atoms with Gasteiger partial charge in [-0.2, -0.15) is 0 Å². The summed E-state index contributed by atoms with van der Waals surface area (Å²) in [7, 11) is 0. The summed E-state index contributed by atoms with van der Waals surface area (Å²) in [5.74, 6) is -1.37. The standard InChI is InChI=1S/C24H31FN4O4/c1-14(2)11-27-9-8-15(3)29-19(27)13-28-12-18(21(30)22(31)20(28)24(29)33)23(32)26-10-16-4-6-17(25)7-5-16/h4-7,12,14-15,19,21,30-31H,8-11,13H2,1-3H3,(H,26,32)/t15-,19-,21?/m0/s1.